The van der Waals surface area contributed by atoms with Crippen molar-refractivity contribution >= 4 is 22.7 Å². The number of benzene rings is 1. The zero-order valence-corrected chi connectivity index (χ0v) is 10.1. The van der Waals surface area contributed by atoms with Crippen LogP contribution in [0.1, 0.15) is 37.5 Å². The average molecular weight is 245 g/mol. The van der Waals surface area contributed by atoms with E-state index in [2.05, 4.69) is 4.98 Å². The molecule has 0 spiro atoms. The van der Waals surface area contributed by atoms with Crippen LogP contribution in [-0.4, -0.2) is 20.6 Å². The Balaban J connectivity index is 2.28. The summed E-state index contributed by atoms with van der Waals surface area (Å²) in [5.41, 5.74) is 8.04. The Morgan fingerprint density at radius 2 is 2.28 bits per heavy atom. The third-order valence-electron chi connectivity index (χ3n) is 3.47. The molecule has 2 aromatic rings. The van der Waals surface area contributed by atoms with Crippen molar-refractivity contribution in [3.63, 3.8) is 0 Å². The molecule has 0 bridgehead atoms. The maximum Gasteiger partial charge on any atom is 0.326 e. The lowest BCUT2D eigenvalue weighted by Gasteiger charge is -2.13. The number of fused-ring (bicyclic) bond motifs is 1. The highest BCUT2D eigenvalue weighted by Crippen LogP contribution is 2.42. The molecular formula is C13H15N3O2. The van der Waals surface area contributed by atoms with Crippen molar-refractivity contribution in [1.29, 1.82) is 0 Å². The number of aromatic nitrogens is 2. The van der Waals surface area contributed by atoms with Gasteiger partial charge in [0, 0.05) is 5.92 Å². The number of para-hydroxylation sites is 1. The number of nitrogens with zero attached hydrogens (tertiary/aromatic N) is 2. The Morgan fingerprint density at radius 3 is 2.89 bits per heavy atom. The van der Waals surface area contributed by atoms with Crippen LogP contribution in [-0.2, 0) is 4.79 Å². The van der Waals surface area contributed by atoms with E-state index in [-0.39, 0.29) is 0 Å². The van der Waals surface area contributed by atoms with Crippen molar-refractivity contribution in [3.8, 4) is 0 Å². The SMILES string of the molecule is CC(C(=O)O)n1c(C2CC2)nc2c(N)cccc21. The Morgan fingerprint density at radius 1 is 1.56 bits per heavy atom. The second-order valence-corrected chi connectivity index (χ2v) is 4.84. The van der Waals surface area contributed by atoms with E-state index < -0.39 is 12.0 Å². The van der Waals surface area contributed by atoms with Gasteiger partial charge in [0.05, 0.1) is 11.2 Å². The lowest BCUT2D eigenvalue weighted by atomic mass is 10.2. The minimum absolute atomic E-state index is 0.388. The summed E-state index contributed by atoms with van der Waals surface area (Å²) in [5, 5.41) is 9.23. The summed E-state index contributed by atoms with van der Waals surface area (Å²) >= 11 is 0. The highest BCUT2D eigenvalue weighted by Gasteiger charge is 2.32. The van der Waals surface area contributed by atoms with Crippen molar-refractivity contribution in [3.05, 3.63) is 24.0 Å². The molecule has 1 aliphatic carbocycles. The Kier molecular flexibility index (Phi) is 2.29. The molecule has 94 valence electrons. The topological polar surface area (TPSA) is 81.1 Å². The van der Waals surface area contributed by atoms with Crippen molar-refractivity contribution < 1.29 is 9.90 Å². The molecule has 1 atom stereocenters. The van der Waals surface area contributed by atoms with Crippen molar-refractivity contribution in [1.82, 2.24) is 9.55 Å². The fourth-order valence-electron chi connectivity index (χ4n) is 2.30. The number of imidazole rings is 1. The molecule has 0 amide bonds. The molecule has 18 heavy (non-hydrogen) atoms. The first kappa shape index (κ1) is 11.1. The molecule has 1 aromatic heterocycles. The van der Waals surface area contributed by atoms with Crippen LogP contribution in [0.4, 0.5) is 5.69 Å². The van der Waals surface area contributed by atoms with E-state index in [1.54, 1.807) is 13.0 Å². The minimum Gasteiger partial charge on any atom is -0.480 e. The van der Waals surface area contributed by atoms with Gasteiger partial charge in [0.25, 0.3) is 0 Å². The minimum atomic E-state index is -0.848. The number of hydrogen-bond acceptors (Lipinski definition) is 3. The number of nitrogen functional groups attached to an aromatic ring is 1. The van der Waals surface area contributed by atoms with Crippen LogP contribution in [0.2, 0.25) is 0 Å². The number of carbonyl (C=O) groups is 1. The molecule has 1 fully saturated rings. The molecule has 0 radical (unpaired) electrons. The van der Waals surface area contributed by atoms with Gasteiger partial charge in [0.15, 0.2) is 0 Å². The Labute approximate surface area is 104 Å². The number of aliphatic carboxylic acids is 1. The highest BCUT2D eigenvalue weighted by atomic mass is 16.4. The van der Waals surface area contributed by atoms with E-state index in [1.807, 2.05) is 16.7 Å². The third kappa shape index (κ3) is 1.54. The van der Waals surface area contributed by atoms with Crippen LogP contribution >= 0.6 is 0 Å². The normalized spacial score (nSPS) is 16.9. The largest absolute Gasteiger partial charge is 0.480 e. The van der Waals surface area contributed by atoms with E-state index in [9.17, 15) is 9.90 Å². The summed E-state index contributed by atoms with van der Waals surface area (Å²) in [6.07, 6.45) is 2.16. The van der Waals surface area contributed by atoms with Gasteiger partial charge in [0.2, 0.25) is 0 Å². The van der Waals surface area contributed by atoms with Gasteiger partial charge in [-0.3, -0.25) is 0 Å². The fraction of sp³-hybridized carbons (Fsp3) is 0.385. The third-order valence-corrected chi connectivity index (χ3v) is 3.47. The molecule has 3 N–H and O–H groups in total. The molecule has 1 aliphatic rings. The molecule has 1 heterocycles. The van der Waals surface area contributed by atoms with Crippen LogP contribution in [0.3, 0.4) is 0 Å². The molecular weight excluding hydrogens is 230 g/mol. The number of rotatable bonds is 3. The van der Waals surface area contributed by atoms with Crippen molar-refractivity contribution in [2.45, 2.75) is 31.7 Å². The first-order chi connectivity index (χ1) is 8.59. The maximum atomic E-state index is 11.2. The first-order valence-corrected chi connectivity index (χ1v) is 6.08. The Hall–Kier alpha value is -2.04. The van der Waals surface area contributed by atoms with Crippen molar-refractivity contribution in [2.75, 3.05) is 5.73 Å². The molecule has 0 saturated heterocycles. The van der Waals surface area contributed by atoms with E-state index in [1.165, 1.54) is 0 Å². The number of carboxylic acids is 1. The number of nitrogens with two attached hydrogens (primary N) is 1. The monoisotopic (exact) mass is 245 g/mol. The number of anilines is 1. The van der Waals surface area contributed by atoms with E-state index in [4.69, 9.17) is 5.73 Å². The molecule has 1 saturated carbocycles. The van der Waals surface area contributed by atoms with E-state index in [0.29, 0.717) is 17.1 Å². The summed E-state index contributed by atoms with van der Waals surface area (Å²) in [5.74, 6) is 0.398. The zero-order chi connectivity index (χ0) is 12.9. The molecule has 3 rings (SSSR count). The van der Waals surface area contributed by atoms with Gasteiger partial charge in [-0.2, -0.15) is 0 Å². The summed E-state index contributed by atoms with van der Waals surface area (Å²) in [7, 11) is 0. The van der Waals surface area contributed by atoms with E-state index >= 15 is 0 Å². The second kappa shape index (κ2) is 3.73. The average Bonchev–Trinajstić information content (AvgIpc) is 3.10. The standard InChI is InChI=1S/C13H15N3O2/c1-7(13(17)18)16-10-4-2-3-9(14)11(10)15-12(16)8-5-6-8/h2-4,7-8H,5-6,14H2,1H3,(H,17,18). The summed E-state index contributed by atoms with van der Waals surface area (Å²) in [6, 6.07) is 4.89. The molecule has 1 aromatic carbocycles. The van der Waals surface area contributed by atoms with Gasteiger partial charge in [-0.05, 0) is 31.9 Å². The second-order valence-electron chi connectivity index (χ2n) is 4.84. The number of carboxylic acid groups (broad SMARTS) is 1. The predicted molar refractivity (Wildman–Crippen MR) is 68.5 cm³/mol. The van der Waals surface area contributed by atoms with Gasteiger partial charge in [-0.15, -0.1) is 0 Å². The van der Waals surface area contributed by atoms with Gasteiger partial charge in [-0.25, -0.2) is 9.78 Å². The van der Waals surface area contributed by atoms with Gasteiger partial charge in [0.1, 0.15) is 17.4 Å². The quantitative estimate of drug-likeness (QED) is 0.812. The number of hydrogen-bond donors (Lipinski definition) is 2. The summed E-state index contributed by atoms with van der Waals surface area (Å²) in [4.78, 5) is 15.8. The van der Waals surface area contributed by atoms with E-state index in [0.717, 1.165) is 24.2 Å². The first-order valence-electron chi connectivity index (χ1n) is 6.08. The smallest absolute Gasteiger partial charge is 0.326 e. The molecule has 5 heteroatoms. The van der Waals surface area contributed by atoms with Crippen LogP contribution in [0.15, 0.2) is 18.2 Å². The fourth-order valence-corrected chi connectivity index (χ4v) is 2.30. The van der Waals surface area contributed by atoms with Crippen molar-refractivity contribution in [2.24, 2.45) is 0 Å². The zero-order valence-electron chi connectivity index (χ0n) is 10.1. The predicted octanol–water partition coefficient (Wildman–Crippen LogP) is 2.14. The molecule has 5 nitrogen and oxygen atoms in total. The van der Waals surface area contributed by atoms with Crippen LogP contribution in [0.25, 0.3) is 11.0 Å². The lowest BCUT2D eigenvalue weighted by Crippen LogP contribution is -2.17. The van der Waals surface area contributed by atoms with Crippen LogP contribution in [0, 0.1) is 0 Å². The van der Waals surface area contributed by atoms with Gasteiger partial charge >= 0.3 is 5.97 Å². The van der Waals surface area contributed by atoms with Crippen LogP contribution < -0.4 is 5.73 Å². The summed E-state index contributed by atoms with van der Waals surface area (Å²) < 4.78 is 1.81. The lowest BCUT2D eigenvalue weighted by molar-refractivity contribution is -0.140. The van der Waals surface area contributed by atoms with Crippen LogP contribution in [0.5, 0.6) is 0 Å². The summed E-state index contributed by atoms with van der Waals surface area (Å²) in [6.45, 7) is 1.68. The molecule has 0 aliphatic heterocycles. The van der Waals surface area contributed by atoms with Gasteiger partial charge < -0.3 is 15.4 Å². The highest BCUT2D eigenvalue weighted by molar-refractivity contribution is 5.89. The Bertz CT molecular complexity index is 628. The maximum absolute atomic E-state index is 11.2. The molecule has 1 unspecified atom stereocenters. The van der Waals surface area contributed by atoms with Gasteiger partial charge in [-0.1, -0.05) is 6.07 Å².